The SMILES string of the molecule is CCS(=O)(=O)c1ccc(-c2ccc(CN3CCN(C(C)C)CC3)cn2)cc1.Cl.Cl. The molecule has 3 rings (SSSR count). The second-order valence-corrected chi connectivity index (χ2v) is 9.66. The van der Waals surface area contributed by atoms with Crippen molar-refractivity contribution in [3.05, 3.63) is 48.2 Å². The Morgan fingerprint density at radius 1 is 0.966 bits per heavy atom. The second kappa shape index (κ2) is 11.3. The third-order valence-electron chi connectivity index (χ3n) is 5.26. The molecule has 1 aromatic heterocycles. The van der Waals surface area contributed by atoms with Crippen molar-refractivity contribution < 1.29 is 8.42 Å². The summed E-state index contributed by atoms with van der Waals surface area (Å²) in [4.78, 5) is 9.94. The molecule has 0 amide bonds. The number of benzene rings is 1. The Kier molecular flexibility index (Phi) is 10.1. The first-order valence-electron chi connectivity index (χ1n) is 9.63. The van der Waals surface area contributed by atoms with Gasteiger partial charge in [-0.3, -0.25) is 14.8 Å². The summed E-state index contributed by atoms with van der Waals surface area (Å²) in [6.07, 6.45) is 1.93. The molecule has 0 N–H and O–H groups in total. The Morgan fingerprint density at radius 3 is 2.07 bits per heavy atom. The van der Waals surface area contributed by atoms with Crippen molar-refractivity contribution in [3.63, 3.8) is 0 Å². The lowest BCUT2D eigenvalue weighted by atomic mass is 10.1. The van der Waals surface area contributed by atoms with Gasteiger partial charge in [0.15, 0.2) is 9.84 Å². The molecule has 2 aromatic rings. The maximum atomic E-state index is 11.9. The number of nitrogens with zero attached hydrogens (tertiary/aromatic N) is 3. The molecular weight excluding hydrogens is 429 g/mol. The Morgan fingerprint density at radius 2 is 1.59 bits per heavy atom. The summed E-state index contributed by atoms with van der Waals surface area (Å²) in [5.41, 5.74) is 3.01. The molecular formula is C21H31Cl2N3O2S. The highest BCUT2D eigenvalue weighted by Gasteiger charge is 2.18. The van der Waals surface area contributed by atoms with Gasteiger partial charge in [-0.05, 0) is 37.6 Å². The van der Waals surface area contributed by atoms with E-state index in [0.29, 0.717) is 10.9 Å². The van der Waals surface area contributed by atoms with Crippen molar-refractivity contribution in [2.75, 3.05) is 31.9 Å². The minimum atomic E-state index is -3.16. The Labute approximate surface area is 187 Å². The number of rotatable bonds is 6. The molecule has 0 spiro atoms. The lowest BCUT2D eigenvalue weighted by molar-refractivity contribution is 0.104. The van der Waals surface area contributed by atoms with Crippen LogP contribution in [0.1, 0.15) is 26.3 Å². The molecule has 1 fully saturated rings. The molecule has 0 aliphatic carbocycles. The molecule has 0 radical (unpaired) electrons. The summed E-state index contributed by atoms with van der Waals surface area (Å²) in [5, 5.41) is 0. The molecule has 0 unspecified atom stereocenters. The van der Waals surface area contributed by atoms with E-state index >= 15 is 0 Å². The summed E-state index contributed by atoms with van der Waals surface area (Å²) >= 11 is 0. The van der Waals surface area contributed by atoms with Gasteiger partial charge in [-0.15, -0.1) is 24.8 Å². The first-order valence-corrected chi connectivity index (χ1v) is 11.3. The van der Waals surface area contributed by atoms with Gasteiger partial charge in [0.2, 0.25) is 0 Å². The third kappa shape index (κ3) is 6.66. The number of hydrogen-bond acceptors (Lipinski definition) is 5. The largest absolute Gasteiger partial charge is 0.298 e. The summed E-state index contributed by atoms with van der Waals surface area (Å²) in [7, 11) is -3.16. The lowest BCUT2D eigenvalue weighted by Crippen LogP contribution is -2.48. The van der Waals surface area contributed by atoms with Crippen LogP contribution in [0, 0.1) is 0 Å². The molecule has 5 nitrogen and oxygen atoms in total. The van der Waals surface area contributed by atoms with Crippen molar-refractivity contribution in [1.82, 2.24) is 14.8 Å². The minimum absolute atomic E-state index is 0. The van der Waals surface area contributed by atoms with E-state index in [1.54, 1.807) is 19.1 Å². The predicted molar refractivity (Wildman–Crippen MR) is 124 cm³/mol. The zero-order valence-corrected chi connectivity index (χ0v) is 19.7. The molecule has 29 heavy (non-hydrogen) atoms. The fourth-order valence-electron chi connectivity index (χ4n) is 3.38. The number of halogens is 2. The fourth-order valence-corrected chi connectivity index (χ4v) is 4.27. The van der Waals surface area contributed by atoms with E-state index in [9.17, 15) is 8.42 Å². The number of aromatic nitrogens is 1. The van der Waals surface area contributed by atoms with Crippen LogP contribution >= 0.6 is 24.8 Å². The third-order valence-corrected chi connectivity index (χ3v) is 7.01. The van der Waals surface area contributed by atoms with Gasteiger partial charge in [-0.2, -0.15) is 0 Å². The van der Waals surface area contributed by atoms with E-state index < -0.39 is 9.84 Å². The van der Waals surface area contributed by atoms with Gasteiger partial charge in [0.05, 0.1) is 16.3 Å². The second-order valence-electron chi connectivity index (χ2n) is 7.39. The maximum Gasteiger partial charge on any atom is 0.178 e. The molecule has 0 atom stereocenters. The summed E-state index contributed by atoms with van der Waals surface area (Å²) in [6, 6.07) is 11.7. The monoisotopic (exact) mass is 459 g/mol. The number of piperazine rings is 1. The average Bonchev–Trinajstić information content (AvgIpc) is 2.69. The van der Waals surface area contributed by atoms with Crippen LogP contribution < -0.4 is 0 Å². The standard InChI is InChI=1S/C21H29N3O2S.2ClH/c1-4-27(25,26)20-8-6-19(7-9-20)21-10-5-18(15-22-21)16-23-11-13-24(14-12-23)17(2)3;;/h5-10,15,17H,4,11-14,16H2,1-3H3;2*1H. The first-order chi connectivity index (χ1) is 12.9. The average molecular weight is 460 g/mol. The molecule has 1 saturated heterocycles. The van der Waals surface area contributed by atoms with Gasteiger partial charge >= 0.3 is 0 Å². The smallest absolute Gasteiger partial charge is 0.178 e. The minimum Gasteiger partial charge on any atom is -0.298 e. The zero-order valence-electron chi connectivity index (χ0n) is 17.2. The summed E-state index contributed by atoms with van der Waals surface area (Å²) in [6.45, 7) is 11.5. The van der Waals surface area contributed by atoms with Crippen LogP contribution in [-0.2, 0) is 16.4 Å². The van der Waals surface area contributed by atoms with Gasteiger partial charge in [0.1, 0.15) is 0 Å². The molecule has 1 aliphatic rings. The van der Waals surface area contributed by atoms with Crippen LogP contribution in [0.4, 0.5) is 0 Å². The van der Waals surface area contributed by atoms with Gasteiger partial charge in [0, 0.05) is 50.5 Å². The van der Waals surface area contributed by atoms with Crippen LogP contribution in [0.3, 0.4) is 0 Å². The summed E-state index contributed by atoms with van der Waals surface area (Å²) in [5.74, 6) is 0.116. The summed E-state index contributed by atoms with van der Waals surface area (Å²) < 4.78 is 23.8. The maximum absolute atomic E-state index is 11.9. The molecule has 0 bridgehead atoms. The van der Waals surface area contributed by atoms with Gasteiger partial charge in [-0.1, -0.05) is 25.1 Å². The lowest BCUT2D eigenvalue weighted by Gasteiger charge is -2.36. The number of sulfone groups is 1. The molecule has 0 saturated carbocycles. The molecule has 1 aromatic carbocycles. The number of pyridine rings is 1. The van der Waals surface area contributed by atoms with E-state index in [4.69, 9.17) is 0 Å². The Balaban J connectivity index is 0.00000210. The van der Waals surface area contributed by atoms with Crippen molar-refractivity contribution in [2.45, 2.75) is 38.3 Å². The molecule has 1 aliphatic heterocycles. The highest BCUT2D eigenvalue weighted by atomic mass is 35.5. The van der Waals surface area contributed by atoms with Crippen LogP contribution in [-0.4, -0.2) is 61.2 Å². The molecule has 162 valence electrons. The highest BCUT2D eigenvalue weighted by Crippen LogP contribution is 2.21. The van der Waals surface area contributed by atoms with E-state index in [1.165, 1.54) is 5.56 Å². The molecule has 2 heterocycles. The highest BCUT2D eigenvalue weighted by molar-refractivity contribution is 7.91. The van der Waals surface area contributed by atoms with Gasteiger partial charge in [-0.25, -0.2) is 8.42 Å². The van der Waals surface area contributed by atoms with E-state index in [0.717, 1.165) is 44.0 Å². The van der Waals surface area contributed by atoms with E-state index in [-0.39, 0.29) is 30.6 Å². The van der Waals surface area contributed by atoms with Crippen LogP contribution in [0.2, 0.25) is 0 Å². The first kappa shape index (κ1) is 25.9. The van der Waals surface area contributed by atoms with Crippen molar-refractivity contribution >= 4 is 34.7 Å². The van der Waals surface area contributed by atoms with E-state index in [2.05, 4.69) is 34.7 Å². The Bertz CT molecular complexity index is 848. The normalized spacial score (nSPS) is 15.6. The fraction of sp³-hybridized carbons (Fsp3) is 0.476. The molecule has 8 heteroatoms. The predicted octanol–water partition coefficient (Wildman–Crippen LogP) is 3.91. The van der Waals surface area contributed by atoms with Crippen molar-refractivity contribution in [2.24, 2.45) is 0 Å². The topological polar surface area (TPSA) is 53.5 Å². The Hall–Kier alpha value is -1.18. The quantitative estimate of drug-likeness (QED) is 0.654. The van der Waals surface area contributed by atoms with E-state index in [1.807, 2.05) is 24.4 Å². The van der Waals surface area contributed by atoms with Gasteiger partial charge < -0.3 is 0 Å². The van der Waals surface area contributed by atoms with Gasteiger partial charge in [0.25, 0.3) is 0 Å². The van der Waals surface area contributed by atoms with Crippen LogP contribution in [0.25, 0.3) is 11.3 Å². The van der Waals surface area contributed by atoms with Crippen molar-refractivity contribution in [3.8, 4) is 11.3 Å². The van der Waals surface area contributed by atoms with Crippen molar-refractivity contribution in [1.29, 1.82) is 0 Å². The van der Waals surface area contributed by atoms with Crippen LogP contribution in [0.5, 0.6) is 0 Å². The van der Waals surface area contributed by atoms with Crippen LogP contribution in [0.15, 0.2) is 47.5 Å². The number of hydrogen-bond donors (Lipinski definition) is 0. The zero-order chi connectivity index (χ0) is 19.4.